The number of hydrogen-bond acceptors (Lipinski definition) is 4. The van der Waals surface area contributed by atoms with E-state index in [1.165, 1.54) is 0 Å². The molecule has 3 aliphatic heterocycles. The molecule has 6 rings (SSSR count). The van der Waals surface area contributed by atoms with Crippen LogP contribution in [-0.4, -0.2) is 43.2 Å². The highest BCUT2D eigenvalue weighted by molar-refractivity contribution is 6.65. The molecule has 0 radical (unpaired) electrons. The van der Waals surface area contributed by atoms with Gasteiger partial charge in [-0.1, -0.05) is 76.7 Å². The minimum Gasteiger partial charge on any atom is -0.373 e. The molecule has 4 fully saturated rings. The lowest BCUT2D eigenvalue weighted by Crippen LogP contribution is -2.50. The highest BCUT2D eigenvalue weighted by Crippen LogP contribution is 2.81. The summed E-state index contributed by atoms with van der Waals surface area (Å²) in [5.41, 5.74) is 0.825. The van der Waals surface area contributed by atoms with Gasteiger partial charge in [-0.05, 0) is 5.56 Å². The van der Waals surface area contributed by atoms with Gasteiger partial charge >= 0.3 is 0 Å². The molecule has 164 valence electrons. The SMILES string of the molecule is O=C1[C@@H]2[C@H]3O[C@H]([C@H]2C(=O)N1OCc1ccccc1)[C@@H]1[C@@H]3[C@]2(Cl)C(Cl)=C(Cl)[C@]1(Cl)C2(Cl)Cl. The van der Waals surface area contributed by atoms with Gasteiger partial charge in [0.1, 0.15) is 16.4 Å². The Morgan fingerprint density at radius 2 is 1.35 bits per heavy atom. The summed E-state index contributed by atoms with van der Waals surface area (Å²) in [6, 6.07) is 9.23. The molecular formula is C20H13Cl6NO4. The number of halogens is 6. The zero-order valence-corrected chi connectivity index (χ0v) is 19.9. The van der Waals surface area contributed by atoms with Crippen LogP contribution in [0.3, 0.4) is 0 Å². The minimum atomic E-state index is -1.74. The van der Waals surface area contributed by atoms with Crippen LogP contribution in [0.4, 0.5) is 0 Å². The van der Waals surface area contributed by atoms with Crippen LogP contribution in [0.15, 0.2) is 40.4 Å². The number of nitrogens with zero attached hydrogens (tertiary/aromatic N) is 1. The Morgan fingerprint density at radius 3 is 1.84 bits per heavy atom. The van der Waals surface area contributed by atoms with Crippen molar-refractivity contribution in [2.45, 2.75) is 32.9 Å². The van der Waals surface area contributed by atoms with Gasteiger partial charge in [0.15, 0.2) is 4.33 Å². The Balaban J connectivity index is 1.35. The van der Waals surface area contributed by atoms with E-state index in [1.54, 1.807) is 0 Å². The second-order valence-electron chi connectivity index (χ2n) is 8.52. The van der Waals surface area contributed by atoms with Crippen molar-refractivity contribution in [3.8, 4) is 0 Å². The maximum atomic E-state index is 13.2. The quantitative estimate of drug-likeness (QED) is 0.414. The highest BCUT2D eigenvalue weighted by atomic mass is 35.5. The van der Waals surface area contributed by atoms with Crippen molar-refractivity contribution < 1.29 is 19.2 Å². The molecule has 5 nitrogen and oxygen atoms in total. The van der Waals surface area contributed by atoms with Gasteiger partial charge in [0, 0.05) is 11.8 Å². The number of ether oxygens (including phenoxy) is 1. The summed E-state index contributed by atoms with van der Waals surface area (Å²) in [5.74, 6) is -3.70. The summed E-state index contributed by atoms with van der Waals surface area (Å²) >= 11 is 40.1. The minimum absolute atomic E-state index is 0.0544. The molecule has 0 aromatic heterocycles. The molecular weight excluding hydrogens is 531 g/mol. The molecule has 3 heterocycles. The molecule has 1 aromatic carbocycles. The topological polar surface area (TPSA) is 55.8 Å². The fourth-order valence-electron chi connectivity index (χ4n) is 6.11. The maximum absolute atomic E-state index is 13.2. The van der Waals surface area contributed by atoms with Gasteiger partial charge in [-0.3, -0.25) is 14.4 Å². The predicted octanol–water partition coefficient (Wildman–Crippen LogP) is 4.58. The van der Waals surface area contributed by atoms with Crippen LogP contribution < -0.4 is 0 Å². The van der Waals surface area contributed by atoms with Gasteiger partial charge in [0.2, 0.25) is 0 Å². The van der Waals surface area contributed by atoms with Crippen molar-refractivity contribution in [1.82, 2.24) is 5.06 Å². The van der Waals surface area contributed by atoms with Crippen molar-refractivity contribution in [2.24, 2.45) is 23.7 Å². The highest BCUT2D eigenvalue weighted by Gasteiger charge is 2.90. The van der Waals surface area contributed by atoms with E-state index in [0.29, 0.717) is 0 Å². The van der Waals surface area contributed by atoms with Gasteiger partial charge in [-0.25, -0.2) is 0 Å². The zero-order chi connectivity index (χ0) is 22.1. The number of alkyl halides is 4. The summed E-state index contributed by atoms with van der Waals surface area (Å²) in [6.07, 6.45) is -1.48. The van der Waals surface area contributed by atoms with Crippen molar-refractivity contribution in [2.75, 3.05) is 0 Å². The van der Waals surface area contributed by atoms with Crippen LogP contribution in [-0.2, 0) is 25.8 Å². The average molecular weight is 544 g/mol. The number of rotatable bonds is 3. The van der Waals surface area contributed by atoms with Crippen molar-refractivity contribution in [3.63, 3.8) is 0 Å². The third-order valence-corrected chi connectivity index (χ3v) is 11.6. The number of allylic oxidation sites excluding steroid dienone is 2. The summed E-state index contributed by atoms with van der Waals surface area (Å²) in [6.45, 7) is 0.0748. The van der Waals surface area contributed by atoms with E-state index in [2.05, 4.69) is 0 Å². The Labute approximate surface area is 207 Å². The third-order valence-electron chi connectivity index (χ3n) is 7.34. The molecule has 11 heteroatoms. The summed E-state index contributed by atoms with van der Waals surface area (Å²) in [7, 11) is 0. The maximum Gasteiger partial charge on any atom is 0.260 e. The number of hydroxylamine groups is 2. The normalized spacial score (nSPS) is 46.3. The molecule has 0 unspecified atom stereocenters. The molecule has 8 atom stereocenters. The van der Waals surface area contributed by atoms with Gasteiger partial charge in [0.05, 0.1) is 34.1 Å². The molecule has 5 aliphatic rings. The summed E-state index contributed by atoms with van der Waals surface area (Å²) < 4.78 is 4.37. The van der Waals surface area contributed by atoms with Crippen molar-refractivity contribution in [3.05, 3.63) is 46.0 Å². The van der Waals surface area contributed by atoms with E-state index >= 15 is 0 Å². The number of carbonyl (C=O) groups is 2. The second kappa shape index (κ2) is 6.45. The number of carbonyl (C=O) groups excluding carboxylic acids is 2. The molecule has 4 bridgehead atoms. The van der Waals surface area contributed by atoms with E-state index in [1.807, 2.05) is 30.3 Å². The molecule has 31 heavy (non-hydrogen) atoms. The first-order chi connectivity index (χ1) is 14.6. The van der Waals surface area contributed by atoms with Gasteiger partial charge in [0.25, 0.3) is 11.8 Å². The fraction of sp³-hybridized carbons (Fsp3) is 0.500. The van der Waals surface area contributed by atoms with Crippen molar-refractivity contribution >= 4 is 81.4 Å². The zero-order valence-electron chi connectivity index (χ0n) is 15.4. The van der Waals surface area contributed by atoms with Gasteiger partial charge in [-0.15, -0.1) is 23.2 Å². The molecule has 0 spiro atoms. The average Bonchev–Trinajstić information content (AvgIpc) is 3.44. The van der Waals surface area contributed by atoms with E-state index in [0.717, 1.165) is 10.6 Å². The standard InChI is InChI=1S/C20H13Cl6NO4/c21-14-15(22)19(24)11-10(18(14,23)20(19,25)26)12-8-9(13(11)31-12)17(29)27(16(8)28)30-6-7-4-2-1-3-5-7/h1-5,8-13H,6H2/t8-,9-,10-,11-,12+,13+,18-,19-/m0/s1. The summed E-state index contributed by atoms with van der Waals surface area (Å²) in [4.78, 5) is 28.9. The van der Waals surface area contributed by atoms with Crippen LogP contribution in [0.2, 0.25) is 0 Å². The van der Waals surface area contributed by atoms with Gasteiger partial charge < -0.3 is 4.74 Å². The monoisotopic (exact) mass is 541 g/mol. The number of fused-ring (bicyclic) bond motifs is 12. The first-order valence-electron chi connectivity index (χ1n) is 9.60. The molecule has 2 amide bonds. The van der Waals surface area contributed by atoms with Crippen LogP contribution in [0, 0.1) is 23.7 Å². The molecule has 2 aliphatic carbocycles. The molecule has 1 saturated carbocycles. The van der Waals surface area contributed by atoms with Crippen molar-refractivity contribution in [1.29, 1.82) is 0 Å². The Morgan fingerprint density at radius 1 is 0.871 bits per heavy atom. The van der Waals surface area contributed by atoms with E-state index in [-0.39, 0.29) is 16.7 Å². The Bertz CT molecular complexity index is 1010. The first-order valence-corrected chi connectivity index (χ1v) is 11.9. The van der Waals surface area contributed by atoms with E-state index < -0.39 is 61.8 Å². The predicted molar refractivity (Wildman–Crippen MR) is 116 cm³/mol. The third kappa shape index (κ3) is 2.17. The Hall–Kier alpha value is -0.240. The molecule has 0 N–H and O–H groups in total. The van der Waals surface area contributed by atoms with Crippen LogP contribution in [0.1, 0.15) is 5.56 Å². The smallest absolute Gasteiger partial charge is 0.260 e. The summed E-state index contributed by atoms with van der Waals surface area (Å²) in [5, 5.41) is 0.943. The van der Waals surface area contributed by atoms with Crippen LogP contribution in [0.25, 0.3) is 0 Å². The number of benzene rings is 1. The molecule has 1 aromatic rings. The second-order valence-corrected chi connectivity index (χ2v) is 11.8. The number of imide groups is 1. The first kappa shape index (κ1) is 21.3. The largest absolute Gasteiger partial charge is 0.373 e. The van der Waals surface area contributed by atoms with Crippen LogP contribution >= 0.6 is 69.6 Å². The van der Waals surface area contributed by atoms with Crippen LogP contribution in [0.5, 0.6) is 0 Å². The van der Waals surface area contributed by atoms with Gasteiger partial charge in [-0.2, -0.15) is 5.06 Å². The number of hydrogen-bond donors (Lipinski definition) is 0. The van der Waals surface area contributed by atoms with E-state index in [4.69, 9.17) is 79.2 Å². The Kier molecular flexibility index (Phi) is 4.43. The lowest BCUT2D eigenvalue weighted by atomic mass is 9.65. The fourth-order valence-corrected chi connectivity index (χ4v) is 9.17. The van der Waals surface area contributed by atoms with E-state index in [9.17, 15) is 9.59 Å². The number of amides is 2. The lowest BCUT2D eigenvalue weighted by molar-refractivity contribution is -0.196. The molecule has 3 saturated heterocycles. The lowest BCUT2D eigenvalue weighted by Gasteiger charge is -2.39.